The van der Waals surface area contributed by atoms with Gasteiger partial charge in [-0.1, -0.05) is 26.4 Å². The Hall–Kier alpha value is -0.610. The van der Waals surface area contributed by atoms with Crippen LogP contribution in [0.4, 0.5) is 0 Å². The molecule has 4 nitrogen and oxygen atoms in total. The number of hydrazine groups is 1. The molecule has 0 bridgehead atoms. The zero-order valence-electron chi connectivity index (χ0n) is 6.60. The highest BCUT2D eigenvalue weighted by Gasteiger charge is 2.16. The summed E-state index contributed by atoms with van der Waals surface area (Å²) in [6.07, 6.45) is 0.358. The molecule has 0 aliphatic carbocycles. The second-order valence-electron chi connectivity index (χ2n) is 3.33. The molecule has 0 unspecified atom stereocenters. The average Bonchev–Trinajstić information content (AvgIpc) is 1.59. The molecule has 4 heteroatoms. The molecule has 0 aromatic rings. The maximum atomic E-state index is 10.7. The van der Waals surface area contributed by atoms with Gasteiger partial charge in [0.05, 0.1) is 6.42 Å². The van der Waals surface area contributed by atoms with Crippen molar-refractivity contribution in [2.45, 2.75) is 27.2 Å². The number of rotatable bonds is 2. The number of hydrogen-bond donors (Lipinski definition) is 2. The molecule has 0 rings (SSSR count). The first kappa shape index (κ1) is 9.39. The van der Waals surface area contributed by atoms with E-state index in [2.05, 4.69) is 4.84 Å². The van der Waals surface area contributed by atoms with Gasteiger partial charge in [-0.05, 0) is 5.41 Å². The lowest BCUT2D eigenvalue weighted by Gasteiger charge is -2.15. The van der Waals surface area contributed by atoms with Gasteiger partial charge >= 0.3 is 5.97 Å². The molecule has 0 aliphatic rings. The average molecular weight is 146 g/mol. The Morgan fingerprint density at radius 1 is 1.60 bits per heavy atom. The van der Waals surface area contributed by atoms with E-state index in [4.69, 9.17) is 5.84 Å². The van der Waals surface area contributed by atoms with Crippen molar-refractivity contribution in [1.82, 2.24) is 5.59 Å². The van der Waals surface area contributed by atoms with Crippen LogP contribution < -0.4 is 11.4 Å². The van der Waals surface area contributed by atoms with Gasteiger partial charge in [-0.15, -0.1) is 0 Å². The minimum absolute atomic E-state index is 0.0477. The molecule has 0 radical (unpaired) electrons. The first-order valence-corrected chi connectivity index (χ1v) is 3.11. The first-order chi connectivity index (χ1) is 4.45. The fraction of sp³-hybridized carbons (Fsp3) is 0.833. The molecule has 0 saturated heterocycles. The zero-order valence-corrected chi connectivity index (χ0v) is 6.60. The number of carbonyl (C=O) groups is 1. The van der Waals surface area contributed by atoms with Crippen molar-refractivity contribution in [3.63, 3.8) is 0 Å². The topological polar surface area (TPSA) is 64.3 Å². The van der Waals surface area contributed by atoms with Crippen LogP contribution in [0.3, 0.4) is 0 Å². The molecule has 0 aromatic heterocycles. The van der Waals surface area contributed by atoms with Crippen LogP contribution in [-0.2, 0) is 9.63 Å². The van der Waals surface area contributed by atoms with Crippen LogP contribution >= 0.6 is 0 Å². The maximum Gasteiger partial charge on any atom is 0.327 e. The molecule has 0 saturated carbocycles. The van der Waals surface area contributed by atoms with Crippen LogP contribution in [0, 0.1) is 5.41 Å². The Bertz CT molecular complexity index is 117. The standard InChI is InChI=1S/C6H14N2O2/c1-6(2,3)4-5(9)10-8-7/h8H,4,7H2,1-3H3. The minimum atomic E-state index is -0.338. The third-order valence-electron chi connectivity index (χ3n) is 0.847. The molecule has 0 heterocycles. The van der Waals surface area contributed by atoms with E-state index in [9.17, 15) is 4.79 Å². The van der Waals surface area contributed by atoms with Gasteiger partial charge < -0.3 is 4.84 Å². The smallest absolute Gasteiger partial charge is 0.327 e. The van der Waals surface area contributed by atoms with Gasteiger partial charge in [-0.2, -0.15) is 0 Å². The lowest BCUT2D eigenvalue weighted by atomic mass is 9.93. The van der Waals surface area contributed by atoms with Crippen molar-refractivity contribution in [2.24, 2.45) is 11.3 Å². The number of nitrogens with two attached hydrogens (primary N) is 1. The van der Waals surface area contributed by atoms with E-state index < -0.39 is 0 Å². The summed E-state index contributed by atoms with van der Waals surface area (Å²) in [5.41, 5.74) is 1.79. The summed E-state index contributed by atoms with van der Waals surface area (Å²) in [6.45, 7) is 5.85. The number of nitrogens with one attached hydrogen (secondary N) is 1. The van der Waals surface area contributed by atoms with Gasteiger partial charge in [0.1, 0.15) is 0 Å². The molecule has 0 amide bonds. The van der Waals surface area contributed by atoms with Crippen molar-refractivity contribution < 1.29 is 9.63 Å². The molecule has 10 heavy (non-hydrogen) atoms. The summed E-state index contributed by atoms with van der Waals surface area (Å²) in [4.78, 5) is 15.0. The molecule has 0 atom stereocenters. The van der Waals surface area contributed by atoms with E-state index in [1.807, 2.05) is 26.4 Å². The van der Waals surface area contributed by atoms with Gasteiger partial charge in [0, 0.05) is 0 Å². The lowest BCUT2D eigenvalue weighted by Crippen LogP contribution is -2.28. The molecule has 60 valence electrons. The summed E-state index contributed by atoms with van der Waals surface area (Å²) >= 11 is 0. The van der Waals surface area contributed by atoms with Crippen LogP contribution in [-0.4, -0.2) is 5.97 Å². The summed E-state index contributed by atoms with van der Waals surface area (Å²) in [5.74, 6) is 4.42. The monoisotopic (exact) mass is 146 g/mol. The van der Waals surface area contributed by atoms with Gasteiger partial charge in [0.25, 0.3) is 0 Å². The van der Waals surface area contributed by atoms with E-state index >= 15 is 0 Å². The maximum absolute atomic E-state index is 10.7. The molecular formula is C6H14N2O2. The third-order valence-corrected chi connectivity index (χ3v) is 0.847. The van der Waals surface area contributed by atoms with E-state index in [-0.39, 0.29) is 11.4 Å². The fourth-order valence-electron chi connectivity index (χ4n) is 0.535. The Morgan fingerprint density at radius 3 is 2.40 bits per heavy atom. The summed E-state index contributed by atoms with van der Waals surface area (Å²) < 4.78 is 0. The lowest BCUT2D eigenvalue weighted by molar-refractivity contribution is -0.153. The number of hydrogen-bond acceptors (Lipinski definition) is 4. The normalized spacial score (nSPS) is 11.2. The Morgan fingerprint density at radius 2 is 2.10 bits per heavy atom. The molecule has 0 aliphatic heterocycles. The quantitative estimate of drug-likeness (QED) is 0.435. The Balaban J connectivity index is 3.58. The molecule has 3 N–H and O–H groups in total. The predicted octanol–water partition coefficient (Wildman–Crippen LogP) is 0.344. The summed E-state index contributed by atoms with van der Waals surface area (Å²) in [7, 11) is 0. The molecule has 0 aromatic carbocycles. The summed E-state index contributed by atoms with van der Waals surface area (Å²) in [5, 5.41) is 0. The predicted molar refractivity (Wildman–Crippen MR) is 37.5 cm³/mol. The van der Waals surface area contributed by atoms with Crippen molar-refractivity contribution in [3.8, 4) is 0 Å². The highest BCUT2D eigenvalue weighted by molar-refractivity contribution is 5.69. The molecule has 0 spiro atoms. The molecular weight excluding hydrogens is 132 g/mol. The summed E-state index contributed by atoms with van der Waals surface area (Å²) in [6, 6.07) is 0. The van der Waals surface area contributed by atoms with E-state index in [1.165, 1.54) is 0 Å². The Labute approximate surface area is 60.7 Å². The highest BCUT2D eigenvalue weighted by atomic mass is 16.7. The van der Waals surface area contributed by atoms with Crippen LogP contribution in [0.2, 0.25) is 0 Å². The van der Waals surface area contributed by atoms with Gasteiger partial charge in [0.15, 0.2) is 0 Å². The van der Waals surface area contributed by atoms with Crippen molar-refractivity contribution in [1.29, 1.82) is 0 Å². The van der Waals surface area contributed by atoms with Crippen molar-refractivity contribution in [3.05, 3.63) is 0 Å². The van der Waals surface area contributed by atoms with Crippen LogP contribution in [0.1, 0.15) is 27.2 Å². The van der Waals surface area contributed by atoms with E-state index in [1.54, 1.807) is 0 Å². The number of carbonyl (C=O) groups excluding carboxylic acids is 1. The SMILES string of the molecule is CC(C)(C)CC(=O)ONN. The van der Waals surface area contributed by atoms with Gasteiger partial charge in [-0.25, -0.2) is 5.84 Å². The van der Waals surface area contributed by atoms with Crippen molar-refractivity contribution >= 4 is 5.97 Å². The van der Waals surface area contributed by atoms with Crippen LogP contribution in [0.5, 0.6) is 0 Å². The van der Waals surface area contributed by atoms with E-state index in [0.717, 1.165) is 0 Å². The Kier molecular flexibility index (Phi) is 3.32. The second kappa shape index (κ2) is 3.53. The second-order valence-corrected chi connectivity index (χ2v) is 3.33. The van der Waals surface area contributed by atoms with Crippen LogP contribution in [0.15, 0.2) is 0 Å². The first-order valence-electron chi connectivity index (χ1n) is 3.11. The van der Waals surface area contributed by atoms with E-state index in [0.29, 0.717) is 6.42 Å². The minimum Gasteiger partial charge on any atom is -0.356 e. The fourth-order valence-corrected chi connectivity index (χ4v) is 0.535. The van der Waals surface area contributed by atoms with Crippen LogP contribution in [0.25, 0.3) is 0 Å². The van der Waals surface area contributed by atoms with Crippen molar-refractivity contribution in [2.75, 3.05) is 0 Å². The largest absolute Gasteiger partial charge is 0.356 e. The third kappa shape index (κ3) is 5.53. The van der Waals surface area contributed by atoms with Gasteiger partial charge in [0.2, 0.25) is 0 Å². The zero-order chi connectivity index (χ0) is 8.20. The van der Waals surface area contributed by atoms with Gasteiger partial charge in [-0.3, -0.25) is 4.79 Å². The molecule has 0 fully saturated rings. The highest BCUT2D eigenvalue weighted by Crippen LogP contribution is 2.18.